The maximum Gasteiger partial charge on any atom is 0.355 e. The van der Waals surface area contributed by atoms with Crippen LogP contribution in [0.15, 0.2) is 60.7 Å². The van der Waals surface area contributed by atoms with E-state index in [0.29, 0.717) is 18.8 Å². The fourth-order valence-corrected chi connectivity index (χ4v) is 5.13. The SMILES string of the molecule is O=C(OCCN(N1CCCCC1)N1CCCCC1)c1cc2ccccc2n1-c1ccccc1. The molecule has 5 rings (SSSR count). The summed E-state index contributed by atoms with van der Waals surface area (Å²) in [7, 11) is 0. The van der Waals surface area contributed by atoms with Gasteiger partial charge in [-0.1, -0.05) is 49.2 Å². The van der Waals surface area contributed by atoms with Crippen molar-refractivity contribution in [3.8, 4) is 5.69 Å². The number of fused-ring (bicyclic) bond motifs is 1. The number of nitrogens with zero attached hydrogens (tertiary/aromatic N) is 4. The molecule has 3 heterocycles. The number of benzene rings is 2. The Morgan fingerprint density at radius 1 is 0.788 bits per heavy atom. The summed E-state index contributed by atoms with van der Waals surface area (Å²) in [5.74, 6) is -0.271. The van der Waals surface area contributed by atoms with Crippen LogP contribution in [0.2, 0.25) is 0 Å². The lowest BCUT2D eigenvalue weighted by Gasteiger charge is -2.45. The van der Waals surface area contributed by atoms with Gasteiger partial charge in [0, 0.05) is 37.3 Å². The quantitative estimate of drug-likeness (QED) is 0.483. The molecular weight excluding hydrogens is 412 g/mol. The van der Waals surface area contributed by atoms with Crippen LogP contribution >= 0.6 is 0 Å². The average molecular weight is 447 g/mol. The van der Waals surface area contributed by atoms with Crippen LogP contribution < -0.4 is 0 Å². The topological polar surface area (TPSA) is 41.0 Å². The van der Waals surface area contributed by atoms with Crippen LogP contribution in [0.5, 0.6) is 0 Å². The van der Waals surface area contributed by atoms with Crippen LogP contribution in [0, 0.1) is 0 Å². The minimum Gasteiger partial charge on any atom is -0.460 e. The highest BCUT2D eigenvalue weighted by Gasteiger charge is 2.26. The van der Waals surface area contributed by atoms with Crippen molar-refractivity contribution in [1.82, 2.24) is 19.7 Å². The number of hydrogen-bond acceptors (Lipinski definition) is 5. The van der Waals surface area contributed by atoms with Gasteiger partial charge >= 0.3 is 5.97 Å². The van der Waals surface area contributed by atoms with Crippen LogP contribution in [-0.2, 0) is 4.74 Å². The fraction of sp³-hybridized carbons (Fsp3) is 0.444. The molecule has 174 valence electrons. The Bertz CT molecular complexity index is 1030. The van der Waals surface area contributed by atoms with E-state index in [4.69, 9.17) is 4.74 Å². The molecule has 2 saturated heterocycles. The molecule has 1 aromatic heterocycles. The Morgan fingerprint density at radius 2 is 1.39 bits per heavy atom. The summed E-state index contributed by atoms with van der Waals surface area (Å²) in [5, 5.41) is 8.34. The standard InChI is InChI=1S/C27H34N4O2/c32-27(26-22-23-12-6-7-15-25(23)31(26)24-13-4-1-5-14-24)33-21-20-30(28-16-8-2-9-17-28)29-18-10-3-11-19-29/h1,4-7,12-15,22H,2-3,8-11,16-21H2. The third-order valence-electron chi connectivity index (χ3n) is 6.78. The number of piperidine rings is 2. The zero-order valence-electron chi connectivity index (χ0n) is 19.4. The van der Waals surface area contributed by atoms with Crippen molar-refractivity contribution in [3.05, 3.63) is 66.4 Å². The van der Waals surface area contributed by atoms with Gasteiger partial charge in [0.2, 0.25) is 0 Å². The summed E-state index contributed by atoms with van der Waals surface area (Å²) < 4.78 is 7.88. The van der Waals surface area contributed by atoms with Gasteiger partial charge in [0.15, 0.2) is 0 Å². The van der Waals surface area contributed by atoms with Crippen molar-refractivity contribution >= 4 is 16.9 Å². The lowest BCUT2D eigenvalue weighted by molar-refractivity contribution is -0.201. The van der Waals surface area contributed by atoms with E-state index in [1.807, 2.05) is 65.2 Å². The van der Waals surface area contributed by atoms with E-state index >= 15 is 0 Å². The van der Waals surface area contributed by atoms with Gasteiger partial charge < -0.3 is 9.30 Å². The molecule has 0 saturated carbocycles. The molecule has 0 unspecified atom stereocenters. The summed E-state index contributed by atoms with van der Waals surface area (Å²) in [6.07, 6.45) is 7.57. The van der Waals surface area contributed by atoms with Crippen LogP contribution in [0.3, 0.4) is 0 Å². The Balaban J connectivity index is 1.32. The zero-order valence-corrected chi connectivity index (χ0v) is 19.4. The number of aromatic nitrogens is 1. The van der Waals surface area contributed by atoms with Gasteiger partial charge in [-0.05, 0) is 49.9 Å². The number of esters is 1. The molecule has 0 radical (unpaired) electrons. The van der Waals surface area contributed by atoms with Gasteiger partial charge in [0.1, 0.15) is 12.3 Å². The van der Waals surface area contributed by atoms with Crippen LogP contribution in [0.25, 0.3) is 16.6 Å². The number of rotatable bonds is 7. The second-order valence-corrected chi connectivity index (χ2v) is 9.02. The van der Waals surface area contributed by atoms with E-state index in [1.54, 1.807) is 0 Å². The first-order valence-corrected chi connectivity index (χ1v) is 12.4. The summed E-state index contributed by atoms with van der Waals surface area (Å²) in [6.45, 7) is 5.44. The molecule has 2 aromatic carbocycles. The van der Waals surface area contributed by atoms with Crippen molar-refractivity contribution in [2.75, 3.05) is 39.3 Å². The number of ether oxygens (including phenoxy) is 1. The molecule has 0 N–H and O–H groups in total. The summed E-state index contributed by atoms with van der Waals surface area (Å²) in [4.78, 5) is 13.3. The van der Waals surface area contributed by atoms with Gasteiger partial charge in [-0.3, -0.25) is 0 Å². The number of hydrogen-bond donors (Lipinski definition) is 0. The molecule has 2 aliphatic heterocycles. The number of para-hydroxylation sites is 2. The molecule has 6 heteroatoms. The molecule has 33 heavy (non-hydrogen) atoms. The highest BCUT2D eigenvalue weighted by molar-refractivity contribution is 5.97. The maximum absolute atomic E-state index is 13.3. The first-order chi connectivity index (χ1) is 16.3. The molecule has 3 aromatic rings. The Hall–Kier alpha value is -2.67. The molecule has 6 nitrogen and oxygen atoms in total. The van der Waals surface area contributed by atoms with Gasteiger partial charge in [0.25, 0.3) is 0 Å². The Labute approximate surface area is 196 Å². The predicted molar refractivity (Wildman–Crippen MR) is 131 cm³/mol. The first kappa shape index (κ1) is 22.1. The summed E-state index contributed by atoms with van der Waals surface area (Å²) in [5.41, 5.74) is 2.55. The molecular formula is C27H34N4O2. The van der Waals surface area contributed by atoms with Gasteiger partial charge in [-0.25, -0.2) is 14.8 Å². The van der Waals surface area contributed by atoms with E-state index in [9.17, 15) is 4.79 Å². The van der Waals surface area contributed by atoms with E-state index in [-0.39, 0.29) is 5.97 Å². The van der Waals surface area contributed by atoms with Crippen molar-refractivity contribution in [1.29, 1.82) is 0 Å². The third-order valence-corrected chi connectivity index (χ3v) is 6.78. The second-order valence-electron chi connectivity index (χ2n) is 9.02. The summed E-state index contributed by atoms with van der Waals surface area (Å²) >= 11 is 0. The molecule has 0 amide bonds. The Morgan fingerprint density at radius 3 is 2.06 bits per heavy atom. The lowest BCUT2D eigenvalue weighted by Crippen LogP contribution is -2.57. The molecule has 2 fully saturated rings. The highest BCUT2D eigenvalue weighted by atomic mass is 16.5. The fourth-order valence-electron chi connectivity index (χ4n) is 5.13. The smallest absolute Gasteiger partial charge is 0.355 e. The number of carbonyl (C=O) groups excluding carboxylic acids is 1. The van der Waals surface area contributed by atoms with E-state index in [1.165, 1.54) is 38.5 Å². The third kappa shape index (κ3) is 4.98. The van der Waals surface area contributed by atoms with Crippen molar-refractivity contribution in [2.24, 2.45) is 0 Å². The minimum absolute atomic E-state index is 0.271. The van der Waals surface area contributed by atoms with Crippen LogP contribution in [-0.4, -0.2) is 65.0 Å². The van der Waals surface area contributed by atoms with E-state index in [2.05, 4.69) is 15.1 Å². The molecule has 2 aliphatic rings. The molecule has 0 aliphatic carbocycles. The van der Waals surface area contributed by atoms with Crippen molar-refractivity contribution < 1.29 is 9.53 Å². The largest absolute Gasteiger partial charge is 0.460 e. The minimum atomic E-state index is -0.271. The molecule has 0 bridgehead atoms. The normalized spacial score (nSPS) is 18.1. The maximum atomic E-state index is 13.3. The molecule has 0 atom stereocenters. The van der Waals surface area contributed by atoms with Gasteiger partial charge in [-0.2, -0.15) is 5.12 Å². The summed E-state index contributed by atoms with van der Waals surface area (Å²) in [6, 6.07) is 20.1. The van der Waals surface area contributed by atoms with Gasteiger partial charge in [-0.15, -0.1) is 0 Å². The van der Waals surface area contributed by atoms with Gasteiger partial charge in [0.05, 0.1) is 12.1 Å². The Kier molecular flexibility index (Phi) is 7.05. The molecule has 0 spiro atoms. The van der Waals surface area contributed by atoms with Crippen molar-refractivity contribution in [2.45, 2.75) is 38.5 Å². The first-order valence-electron chi connectivity index (χ1n) is 12.4. The number of hydrazine groups is 2. The lowest BCUT2D eigenvalue weighted by atomic mass is 10.1. The van der Waals surface area contributed by atoms with Crippen LogP contribution in [0.4, 0.5) is 0 Å². The predicted octanol–water partition coefficient (Wildman–Crippen LogP) is 4.89. The zero-order chi connectivity index (χ0) is 22.5. The van der Waals surface area contributed by atoms with E-state index in [0.717, 1.165) is 42.8 Å². The average Bonchev–Trinajstić information content (AvgIpc) is 3.28. The van der Waals surface area contributed by atoms with Crippen molar-refractivity contribution in [3.63, 3.8) is 0 Å². The van der Waals surface area contributed by atoms with E-state index < -0.39 is 0 Å². The monoisotopic (exact) mass is 446 g/mol. The number of carbonyl (C=O) groups is 1. The second kappa shape index (κ2) is 10.5. The van der Waals surface area contributed by atoms with Crippen LogP contribution in [0.1, 0.15) is 49.0 Å². The highest BCUT2D eigenvalue weighted by Crippen LogP contribution is 2.25.